The summed E-state index contributed by atoms with van der Waals surface area (Å²) in [5, 5.41) is 8.68. The summed E-state index contributed by atoms with van der Waals surface area (Å²) in [5.41, 5.74) is 0.553. The molecule has 4 heteroatoms. The van der Waals surface area contributed by atoms with E-state index in [1.807, 2.05) is 0 Å². The molecule has 0 unspecified atom stereocenters. The summed E-state index contributed by atoms with van der Waals surface area (Å²) in [6.07, 6.45) is 7.91. The van der Waals surface area contributed by atoms with Crippen LogP contribution in [0.4, 0.5) is 0 Å². The van der Waals surface area contributed by atoms with Crippen LogP contribution < -0.4 is 4.74 Å². The van der Waals surface area contributed by atoms with E-state index in [4.69, 9.17) is 14.6 Å². The molecule has 0 atom stereocenters. The Morgan fingerprint density at radius 3 is 2.14 bits per heavy atom. The topological polar surface area (TPSA) is 55.8 Å². The number of rotatable bonds is 12. The lowest BCUT2D eigenvalue weighted by molar-refractivity contribution is 0.0526. The van der Waals surface area contributed by atoms with Crippen LogP contribution in [-0.4, -0.2) is 30.9 Å². The van der Waals surface area contributed by atoms with E-state index < -0.39 is 0 Å². The van der Waals surface area contributed by atoms with Gasteiger partial charge in [-0.3, -0.25) is 0 Å². The van der Waals surface area contributed by atoms with Gasteiger partial charge in [0.15, 0.2) is 0 Å². The number of esters is 1. The predicted octanol–water partition coefficient (Wildman–Crippen LogP) is 3.97. The molecule has 0 aliphatic heterocycles. The lowest BCUT2D eigenvalue weighted by atomic mass is 10.1. The maximum atomic E-state index is 11.5. The van der Waals surface area contributed by atoms with Gasteiger partial charge in [-0.25, -0.2) is 4.79 Å². The molecule has 4 nitrogen and oxygen atoms in total. The van der Waals surface area contributed by atoms with Gasteiger partial charge < -0.3 is 14.6 Å². The highest BCUT2D eigenvalue weighted by Gasteiger charge is 2.05. The molecule has 0 saturated heterocycles. The van der Waals surface area contributed by atoms with E-state index in [0.29, 0.717) is 25.4 Å². The number of carbonyl (C=O) groups excluding carboxylic acids is 1. The molecule has 0 amide bonds. The second-order valence-corrected chi connectivity index (χ2v) is 5.29. The van der Waals surface area contributed by atoms with Gasteiger partial charge in [-0.05, 0) is 44.0 Å². The van der Waals surface area contributed by atoms with E-state index in [1.165, 1.54) is 25.7 Å². The Hall–Kier alpha value is -1.55. The van der Waals surface area contributed by atoms with Gasteiger partial charge in [0.25, 0.3) is 0 Å². The SMILES string of the molecule is CCOC(=O)c1ccc(OCCCCCCCCCO)cc1. The highest BCUT2D eigenvalue weighted by molar-refractivity contribution is 5.89. The van der Waals surface area contributed by atoms with Crippen molar-refractivity contribution in [1.82, 2.24) is 0 Å². The van der Waals surface area contributed by atoms with Crippen molar-refractivity contribution in [3.8, 4) is 5.75 Å². The fourth-order valence-corrected chi connectivity index (χ4v) is 2.19. The van der Waals surface area contributed by atoms with Crippen LogP contribution in [0.15, 0.2) is 24.3 Å². The van der Waals surface area contributed by atoms with Gasteiger partial charge in [0, 0.05) is 6.61 Å². The third-order valence-electron chi connectivity index (χ3n) is 3.44. The van der Waals surface area contributed by atoms with Crippen molar-refractivity contribution >= 4 is 5.97 Å². The van der Waals surface area contributed by atoms with Crippen molar-refractivity contribution in [2.24, 2.45) is 0 Å². The number of unbranched alkanes of at least 4 members (excludes halogenated alkanes) is 6. The number of aliphatic hydroxyl groups excluding tert-OH is 1. The molecule has 0 aliphatic carbocycles. The van der Waals surface area contributed by atoms with Crippen LogP contribution in [0.25, 0.3) is 0 Å². The number of aliphatic hydroxyl groups is 1. The van der Waals surface area contributed by atoms with E-state index in [1.54, 1.807) is 31.2 Å². The fraction of sp³-hybridized carbons (Fsp3) is 0.611. The van der Waals surface area contributed by atoms with Gasteiger partial charge in [-0.15, -0.1) is 0 Å². The van der Waals surface area contributed by atoms with Crippen molar-refractivity contribution in [2.75, 3.05) is 19.8 Å². The third-order valence-corrected chi connectivity index (χ3v) is 3.44. The van der Waals surface area contributed by atoms with E-state index in [0.717, 1.165) is 25.0 Å². The number of carbonyl (C=O) groups is 1. The van der Waals surface area contributed by atoms with Crippen LogP contribution in [0.1, 0.15) is 62.2 Å². The standard InChI is InChI=1S/C18H28O4/c1-2-21-18(20)16-10-12-17(13-11-16)22-15-9-7-5-3-4-6-8-14-19/h10-13,19H,2-9,14-15H2,1H3. The van der Waals surface area contributed by atoms with E-state index in [-0.39, 0.29) is 5.97 Å². The number of benzene rings is 1. The molecule has 0 spiro atoms. The van der Waals surface area contributed by atoms with Crippen molar-refractivity contribution in [3.63, 3.8) is 0 Å². The average molecular weight is 308 g/mol. The van der Waals surface area contributed by atoms with Crippen LogP contribution in [0, 0.1) is 0 Å². The Kier molecular flexibility index (Phi) is 10.1. The monoisotopic (exact) mass is 308 g/mol. The van der Waals surface area contributed by atoms with Crippen molar-refractivity contribution in [1.29, 1.82) is 0 Å². The lowest BCUT2D eigenvalue weighted by Crippen LogP contribution is -2.04. The van der Waals surface area contributed by atoms with Gasteiger partial charge in [-0.2, -0.15) is 0 Å². The molecule has 1 N–H and O–H groups in total. The Balaban J connectivity index is 2.09. The number of hydrogen-bond donors (Lipinski definition) is 1. The van der Waals surface area contributed by atoms with Crippen molar-refractivity contribution < 1.29 is 19.4 Å². The van der Waals surface area contributed by atoms with E-state index in [2.05, 4.69) is 0 Å². The highest BCUT2D eigenvalue weighted by atomic mass is 16.5. The molecule has 0 heterocycles. The summed E-state index contributed by atoms with van der Waals surface area (Å²) in [6.45, 7) is 3.19. The van der Waals surface area contributed by atoms with Crippen LogP contribution in [0.3, 0.4) is 0 Å². The minimum atomic E-state index is -0.296. The Bertz CT molecular complexity index is 400. The van der Waals surface area contributed by atoms with Gasteiger partial charge in [0.1, 0.15) is 5.75 Å². The Morgan fingerprint density at radius 1 is 0.955 bits per heavy atom. The molecule has 0 radical (unpaired) electrons. The van der Waals surface area contributed by atoms with Crippen LogP contribution in [0.5, 0.6) is 5.75 Å². The van der Waals surface area contributed by atoms with Crippen molar-refractivity contribution in [3.05, 3.63) is 29.8 Å². The zero-order valence-corrected chi connectivity index (χ0v) is 13.6. The summed E-state index contributed by atoms with van der Waals surface area (Å²) >= 11 is 0. The maximum Gasteiger partial charge on any atom is 0.338 e. The summed E-state index contributed by atoms with van der Waals surface area (Å²) in [6, 6.07) is 7.07. The van der Waals surface area contributed by atoms with Crippen LogP contribution in [0.2, 0.25) is 0 Å². The molecule has 0 aliphatic rings. The summed E-state index contributed by atoms with van der Waals surface area (Å²) in [4.78, 5) is 11.5. The predicted molar refractivity (Wildman–Crippen MR) is 87.3 cm³/mol. The molecular weight excluding hydrogens is 280 g/mol. The molecular formula is C18H28O4. The molecule has 0 fully saturated rings. The Labute approximate surface area is 133 Å². The number of ether oxygens (including phenoxy) is 2. The zero-order valence-electron chi connectivity index (χ0n) is 13.6. The van der Waals surface area contributed by atoms with E-state index >= 15 is 0 Å². The normalized spacial score (nSPS) is 10.5. The third kappa shape index (κ3) is 8.03. The first-order valence-corrected chi connectivity index (χ1v) is 8.28. The average Bonchev–Trinajstić information content (AvgIpc) is 2.54. The lowest BCUT2D eigenvalue weighted by Gasteiger charge is -2.07. The first-order chi connectivity index (χ1) is 10.8. The summed E-state index contributed by atoms with van der Waals surface area (Å²) in [7, 11) is 0. The molecule has 0 aromatic heterocycles. The maximum absolute atomic E-state index is 11.5. The van der Waals surface area contributed by atoms with Gasteiger partial charge in [-0.1, -0.05) is 32.1 Å². The Morgan fingerprint density at radius 2 is 1.55 bits per heavy atom. The second-order valence-electron chi connectivity index (χ2n) is 5.29. The van der Waals surface area contributed by atoms with Gasteiger partial charge >= 0.3 is 5.97 Å². The summed E-state index contributed by atoms with van der Waals surface area (Å²) in [5.74, 6) is 0.492. The number of hydrogen-bond acceptors (Lipinski definition) is 4. The minimum absolute atomic E-state index is 0.296. The zero-order chi connectivity index (χ0) is 16.0. The van der Waals surface area contributed by atoms with Crippen LogP contribution >= 0.6 is 0 Å². The van der Waals surface area contributed by atoms with Gasteiger partial charge in [0.05, 0.1) is 18.8 Å². The fourth-order valence-electron chi connectivity index (χ4n) is 2.19. The molecule has 1 rings (SSSR count). The minimum Gasteiger partial charge on any atom is -0.494 e. The van der Waals surface area contributed by atoms with Crippen LogP contribution in [-0.2, 0) is 4.74 Å². The molecule has 0 bridgehead atoms. The molecule has 22 heavy (non-hydrogen) atoms. The van der Waals surface area contributed by atoms with Gasteiger partial charge in [0.2, 0.25) is 0 Å². The molecule has 1 aromatic carbocycles. The first-order valence-electron chi connectivity index (χ1n) is 8.28. The molecule has 124 valence electrons. The largest absolute Gasteiger partial charge is 0.494 e. The van der Waals surface area contributed by atoms with E-state index in [9.17, 15) is 4.79 Å². The quantitative estimate of drug-likeness (QED) is 0.469. The molecule has 1 aromatic rings. The molecule has 0 saturated carbocycles. The van der Waals surface area contributed by atoms with Crippen molar-refractivity contribution in [2.45, 2.75) is 51.9 Å². The first kappa shape index (κ1) is 18.5. The smallest absolute Gasteiger partial charge is 0.338 e. The highest BCUT2D eigenvalue weighted by Crippen LogP contribution is 2.14. The second kappa shape index (κ2) is 12.0. The summed E-state index contributed by atoms with van der Waals surface area (Å²) < 4.78 is 10.6.